The van der Waals surface area contributed by atoms with Crippen molar-refractivity contribution in [1.29, 1.82) is 0 Å². The molecule has 2 saturated carbocycles. The van der Waals surface area contributed by atoms with Crippen LogP contribution in [-0.4, -0.2) is 77.5 Å². The number of piperidine rings is 1. The van der Waals surface area contributed by atoms with Crippen molar-refractivity contribution < 1.29 is 28.8 Å². The number of nitrogens with zero attached hydrogens (tertiary/aromatic N) is 1. The van der Waals surface area contributed by atoms with Crippen LogP contribution in [0.2, 0.25) is 0 Å². The Morgan fingerprint density at radius 2 is 1.72 bits per heavy atom. The Morgan fingerprint density at radius 1 is 1.04 bits per heavy atom. The monoisotopic (exact) mass is 711 g/mol. The van der Waals surface area contributed by atoms with Gasteiger partial charge in [0.05, 0.1) is 10.9 Å². The van der Waals surface area contributed by atoms with Gasteiger partial charge < -0.3 is 26.2 Å². The smallest absolute Gasteiger partial charge is 0.289 e. The molecule has 1 saturated heterocycles. The molecule has 12 heteroatoms. The highest BCUT2D eigenvalue weighted by atomic mass is 32.1. The number of carbonyl (C=O) groups excluding carboxylic acids is 6. The SMILES string of the molecule is C=CCNC(=O)C(=O)C(CCCC)NC(=O)[C@@H]1C2C(CN1C(=O)[C@@H](NC(=O)[C@@H](NC(=O)c1cccs1)C1(C)CCCCC1)C(C)(C)C)C2(C)C. The zero-order valence-corrected chi connectivity index (χ0v) is 31.7. The highest BCUT2D eigenvalue weighted by Gasteiger charge is 2.70. The molecule has 2 aliphatic carbocycles. The van der Waals surface area contributed by atoms with Gasteiger partial charge >= 0.3 is 0 Å². The number of fused-ring (bicyclic) bond motifs is 1. The standard InChI is InChI=1S/C38H57N5O6S/c1-9-11-16-24(28(44)33(47)39-20-10-2)40-32(46)27-26-23(37(26,6)7)22-43(27)35(49)30(36(3,4)5)42-34(48)29(38(8)18-13-12-14-19-38)41-31(45)25-17-15-21-50-25/h10,15,17,21,23-24,26-27,29-30H,2,9,11-14,16,18-20,22H2,1,3-8H3,(H,39,47)(H,40,46)(H,41,45)(H,42,48)/t23?,24?,26?,27-,29+,30+/m0/s1. The molecule has 4 rings (SSSR count). The van der Waals surface area contributed by atoms with E-state index in [-0.39, 0.29) is 35.6 Å². The fourth-order valence-electron chi connectivity index (χ4n) is 8.01. The summed E-state index contributed by atoms with van der Waals surface area (Å²) in [5, 5.41) is 13.2. The van der Waals surface area contributed by atoms with Crippen molar-refractivity contribution in [2.75, 3.05) is 13.1 Å². The number of likely N-dealkylation sites (tertiary alicyclic amines) is 1. The number of ketones is 1. The predicted molar refractivity (Wildman–Crippen MR) is 194 cm³/mol. The van der Waals surface area contributed by atoms with Crippen molar-refractivity contribution in [1.82, 2.24) is 26.2 Å². The molecule has 3 fully saturated rings. The lowest BCUT2D eigenvalue weighted by atomic mass is 9.70. The summed E-state index contributed by atoms with van der Waals surface area (Å²) >= 11 is 1.30. The molecule has 0 aromatic carbocycles. The first-order valence-electron chi connectivity index (χ1n) is 18.2. The molecule has 1 aliphatic heterocycles. The molecule has 6 atom stereocenters. The zero-order valence-electron chi connectivity index (χ0n) is 30.9. The molecular formula is C38H57N5O6S. The zero-order chi connectivity index (χ0) is 37.0. The second-order valence-corrected chi connectivity index (χ2v) is 17.3. The maximum absolute atomic E-state index is 14.6. The first-order chi connectivity index (χ1) is 23.5. The van der Waals surface area contributed by atoms with Crippen molar-refractivity contribution in [3.8, 4) is 0 Å². The molecular weight excluding hydrogens is 655 g/mol. The van der Waals surface area contributed by atoms with Gasteiger partial charge in [0.1, 0.15) is 18.1 Å². The van der Waals surface area contributed by atoms with Crippen LogP contribution >= 0.6 is 11.3 Å². The van der Waals surface area contributed by atoms with E-state index < -0.39 is 58.5 Å². The van der Waals surface area contributed by atoms with E-state index in [9.17, 15) is 28.8 Å². The Kier molecular flexibility index (Phi) is 12.4. The van der Waals surface area contributed by atoms with Crippen molar-refractivity contribution in [3.63, 3.8) is 0 Å². The van der Waals surface area contributed by atoms with Crippen LogP contribution in [0.5, 0.6) is 0 Å². The summed E-state index contributed by atoms with van der Waals surface area (Å²) in [6.45, 7) is 17.8. The van der Waals surface area contributed by atoms with Crippen molar-refractivity contribution in [2.45, 2.75) is 124 Å². The predicted octanol–water partition coefficient (Wildman–Crippen LogP) is 4.38. The van der Waals surface area contributed by atoms with Gasteiger partial charge in [-0.3, -0.25) is 28.8 Å². The molecule has 0 radical (unpaired) electrons. The highest BCUT2D eigenvalue weighted by Crippen LogP contribution is 2.65. The van der Waals surface area contributed by atoms with E-state index in [1.54, 1.807) is 17.0 Å². The minimum Gasteiger partial charge on any atom is -0.346 e. The van der Waals surface area contributed by atoms with E-state index in [4.69, 9.17) is 0 Å². The molecule has 1 aromatic rings. The van der Waals surface area contributed by atoms with Crippen LogP contribution in [0.3, 0.4) is 0 Å². The largest absolute Gasteiger partial charge is 0.346 e. The number of hydrogen-bond acceptors (Lipinski definition) is 7. The number of unbranched alkanes of at least 4 members (excludes halogenated alkanes) is 1. The first kappa shape index (κ1) is 39.2. The van der Waals surface area contributed by atoms with Crippen molar-refractivity contribution >= 4 is 46.7 Å². The average Bonchev–Trinajstić information content (AvgIpc) is 3.52. The van der Waals surface area contributed by atoms with Crippen LogP contribution in [0.15, 0.2) is 30.2 Å². The number of amides is 5. The minimum atomic E-state index is -1.04. The fraction of sp³-hybridized carbons (Fsp3) is 0.684. The molecule has 50 heavy (non-hydrogen) atoms. The molecule has 11 nitrogen and oxygen atoms in total. The number of thiophene rings is 1. The number of carbonyl (C=O) groups is 6. The van der Waals surface area contributed by atoms with E-state index in [2.05, 4.69) is 41.7 Å². The van der Waals surface area contributed by atoms with Gasteiger partial charge in [0.2, 0.25) is 23.5 Å². The second-order valence-electron chi connectivity index (χ2n) is 16.4. The number of hydrogen-bond donors (Lipinski definition) is 4. The molecule has 0 spiro atoms. The molecule has 3 unspecified atom stereocenters. The lowest BCUT2D eigenvalue weighted by molar-refractivity contribution is -0.147. The number of Topliss-reactive ketones (excluding diaryl/α,β-unsaturated/α-hetero) is 1. The summed E-state index contributed by atoms with van der Waals surface area (Å²) in [7, 11) is 0. The van der Waals surface area contributed by atoms with Gasteiger partial charge in [0.15, 0.2) is 0 Å². The quantitative estimate of drug-likeness (QED) is 0.157. The van der Waals surface area contributed by atoms with Gasteiger partial charge in [-0.05, 0) is 58.8 Å². The van der Waals surface area contributed by atoms with Crippen LogP contribution in [0.1, 0.15) is 110 Å². The number of rotatable bonds is 15. The summed E-state index contributed by atoms with van der Waals surface area (Å²) in [5.41, 5.74) is -1.44. The lowest BCUT2D eigenvalue weighted by Gasteiger charge is -2.42. The van der Waals surface area contributed by atoms with Gasteiger partial charge in [-0.15, -0.1) is 17.9 Å². The summed E-state index contributed by atoms with van der Waals surface area (Å²) in [4.78, 5) is 84.2. The third-order valence-electron chi connectivity index (χ3n) is 11.2. The second kappa shape index (κ2) is 15.8. The minimum absolute atomic E-state index is 0.0678. The van der Waals surface area contributed by atoms with E-state index in [1.807, 2.05) is 40.0 Å². The first-order valence-corrected chi connectivity index (χ1v) is 19.0. The third kappa shape index (κ3) is 8.49. The third-order valence-corrected chi connectivity index (χ3v) is 12.1. The lowest BCUT2D eigenvalue weighted by Crippen LogP contribution is -2.64. The average molecular weight is 712 g/mol. The van der Waals surface area contributed by atoms with Gasteiger partial charge in [0, 0.05) is 13.1 Å². The summed E-state index contributed by atoms with van der Waals surface area (Å²) in [6, 6.07) is -0.257. The topological polar surface area (TPSA) is 154 Å². The van der Waals surface area contributed by atoms with Crippen LogP contribution in [0, 0.1) is 28.1 Å². The number of nitrogens with one attached hydrogen (secondary N) is 4. The summed E-state index contributed by atoms with van der Waals surface area (Å²) in [6.07, 6.45) is 7.63. The molecule has 3 aliphatic rings. The molecule has 276 valence electrons. The van der Waals surface area contributed by atoms with E-state index in [0.717, 1.165) is 38.5 Å². The molecule has 5 amide bonds. The van der Waals surface area contributed by atoms with Gasteiger partial charge in [-0.1, -0.05) is 92.7 Å². The Morgan fingerprint density at radius 3 is 2.30 bits per heavy atom. The summed E-state index contributed by atoms with van der Waals surface area (Å²) in [5.74, 6) is -3.20. The normalized spacial score (nSPS) is 23.7. The Labute approximate surface area is 301 Å². The van der Waals surface area contributed by atoms with E-state index in [0.29, 0.717) is 24.3 Å². The van der Waals surface area contributed by atoms with E-state index in [1.165, 1.54) is 17.4 Å². The highest BCUT2D eigenvalue weighted by molar-refractivity contribution is 7.12. The molecule has 1 aromatic heterocycles. The van der Waals surface area contributed by atoms with Gasteiger partial charge in [-0.2, -0.15) is 0 Å². The molecule has 0 bridgehead atoms. The molecule has 4 N–H and O–H groups in total. The molecule has 2 heterocycles. The Balaban J connectivity index is 1.60. The van der Waals surface area contributed by atoms with Gasteiger partial charge in [-0.25, -0.2) is 0 Å². The van der Waals surface area contributed by atoms with Crippen molar-refractivity contribution in [3.05, 3.63) is 35.0 Å². The summed E-state index contributed by atoms with van der Waals surface area (Å²) < 4.78 is 0. The Bertz CT molecular complexity index is 1440. The maximum Gasteiger partial charge on any atom is 0.289 e. The van der Waals surface area contributed by atoms with Crippen LogP contribution in [0.4, 0.5) is 0 Å². The van der Waals surface area contributed by atoms with Crippen LogP contribution in [0.25, 0.3) is 0 Å². The van der Waals surface area contributed by atoms with Crippen molar-refractivity contribution in [2.24, 2.45) is 28.1 Å². The van der Waals surface area contributed by atoms with Gasteiger partial charge in [0.25, 0.3) is 11.8 Å². The van der Waals surface area contributed by atoms with Crippen LogP contribution in [-0.2, 0) is 24.0 Å². The maximum atomic E-state index is 14.6. The van der Waals surface area contributed by atoms with Crippen LogP contribution < -0.4 is 21.3 Å². The fourth-order valence-corrected chi connectivity index (χ4v) is 8.64. The van der Waals surface area contributed by atoms with E-state index >= 15 is 0 Å². The Hall–Kier alpha value is -3.54.